The van der Waals surface area contributed by atoms with Crippen LogP contribution in [0.15, 0.2) is 155 Å². The Morgan fingerprint density at radius 3 is 1.56 bits per heavy atom. The molecule has 0 aliphatic heterocycles. The standard InChI is InChI=1S/C27H19BrF2N4O.C15H9ClF2N2.C12H11BrN2O/c1-15-25(20-8-5-6-10-31-20)33-21-13-17(29)12-19(30)24(21)26(15)34-22-11-16(28)14-32-27(22)18-7-3-4-9-23(18)35-2;1-8-14(16)13-10(18)6-9(17)7-12(13)20-15(8)11-4-2-3-5-19-11;1-16-11-5-3-2-4-9(11)12-10(14)6-8(13)7-15-12/h3-14H,1-2H3,(H,33,34);2-7H,1H3;2-7H,14H2,1H3. The van der Waals surface area contributed by atoms with Crippen LogP contribution in [0.3, 0.4) is 0 Å². The summed E-state index contributed by atoms with van der Waals surface area (Å²) in [6.45, 7) is 3.57. The van der Waals surface area contributed by atoms with Crippen LogP contribution in [-0.2, 0) is 0 Å². The maximum absolute atomic E-state index is 15.2. The molecular formula is C54H39Br2ClF4N8O2. The average Bonchev–Trinajstić information content (AvgIpc) is 3.36. The first kappa shape index (κ1) is 49.9. The molecule has 356 valence electrons. The summed E-state index contributed by atoms with van der Waals surface area (Å²) in [6, 6.07) is 33.7. The topological polar surface area (TPSA) is 134 Å². The van der Waals surface area contributed by atoms with Gasteiger partial charge in [0.25, 0.3) is 0 Å². The normalized spacial score (nSPS) is 10.8. The fourth-order valence-electron chi connectivity index (χ4n) is 7.67. The molecule has 0 saturated carbocycles. The van der Waals surface area contributed by atoms with Crippen molar-refractivity contribution in [3.05, 3.63) is 194 Å². The molecule has 0 unspecified atom stereocenters. The minimum atomic E-state index is -0.715. The molecule has 3 N–H and O–H groups in total. The Morgan fingerprint density at radius 2 is 1.03 bits per heavy atom. The number of para-hydroxylation sites is 2. The van der Waals surface area contributed by atoms with Crippen molar-refractivity contribution in [3.8, 4) is 56.8 Å². The lowest BCUT2D eigenvalue weighted by Gasteiger charge is -2.19. The fourth-order valence-corrected chi connectivity index (χ4v) is 8.63. The van der Waals surface area contributed by atoms with Crippen LogP contribution in [0, 0.1) is 37.1 Å². The van der Waals surface area contributed by atoms with Crippen molar-refractivity contribution in [2.45, 2.75) is 13.8 Å². The van der Waals surface area contributed by atoms with Crippen molar-refractivity contribution < 1.29 is 27.0 Å². The number of nitrogens with zero attached hydrogens (tertiary/aromatic N) is 6. The number of ether oxygens (including phenoxy) is 2. The lowest BCUT2D eigenvalue weighted by molar-refractivity contribution is 0.416. The largest absolute Gasteiger partial charge is 0.496 e. The van der Waals surface area contributed by atoms with E-state index >= 15 is 4.39 Å². The predicted molar refractivity (Wildman–Crippen MR) is 280 cm³/mol. The van der Waals surface area contributed by atoms with Gasteiger partial charge < -0.3 is 20.5 Å². The number of aromatic nitrogens is 6. The monoisotopic (exact) mass is 1100 g/mol. The van der Waals surface area contributed by atoms with E-state index in [-0.39, 0.29) is 26.8 Å². The summed E-state index contributed by atoms with van der Waals surface area (Å²) in [4.78, 5) is 26.4. The molecule has 0 fully saturated rings. The van der Waals surface area contributed by atoms with E-state index in [1.165, 1.54) is 6.07 Å². The Hall–Kier alpha value is -7.53. The third kappa shape index (κ3) is 10.9. The summed E-state index contributed by atoms with van der Waals surface area (Å²) >= 11 is 13.0. The molecule has 0 atom stereocenters. The quantitative estimate of drug-likeness (QED) is 0.142. The summed E-state index contributed by atoms with van der Waals surface area (Å²) in [7, 11) is 3.22. The Balaban J connectivity index is 0.000000158. The van der Waals surface area contributed by atoms with Crippen molar-refractivity contribution in [3.63, 3.8) is 0 Å². The number of halogens is 7. The number of nitrogens with two attached hydrogens (primary N) is 1. The maximum Gasteiger partial charge on any atom is 0.137 e. The first-order valence-corrected chi connectivity index (χ1v) is 23.4. The van der Waals surface area contributed by atoms with Gasteiger partial charge >= 0.3 is 0 Å². The fraction of sp³-hybridized carbons (Fsp3) is 0.0741. The average molecular weight is 1100 g/mol. The molecule has 10 aromatic rings. The molecule has 0 saturated heterocycles. The Kier molecular flexibility index (Phi) is 15.5. The Labute approximate surface area is 427 Å². The summed E-state index contributed by atoms with van der Waals surface area (Å²) in [6.07, 6.45) is 6.68. The van der Waals surface area contributed by atoms with Crippen LogP contribution < -0.4 is 20.5 Å². The number of methoxy groups -OCH3 is 2. The third-order valence-corrected chi connectivity index (χ3v) is 12.3. The molecule has 0 bridgehead atoms. The number of nitrogens with one attached hydrogen (secondary N) is 1. The van der Waals surface area contributed by atoms with Crippen LogP contribution in [0.1, 0.15) is 11.1 Å². The van der Waals surface area contributed by atoms with Crippen LogP contribution in [0.2, 0.25) is 5.02 Å². The second-order valence-corrected chi connectivity index (χ2v) is 17.7. The van der Waals surface area contributed by atoms with Crippen LogP contribution in [0.5, 0.6) is 11.5 Å². The molecule has 0 aliphatic rings. The van der Waals surface area contributed by atoms with E-state index in [2.05, 4.69) is 67.1 Å². The summed E-state index contributed by atoms with van der Waals surface area (Å²) in [5.41, 5.74) is 14.5. The maximum atomic E-state index is 15.2. The first-order valence-electron chi connectivity index (χ1n) is 21.4. The second kappa shape index (κ2) is 22.0. The van der Waals surface area contributed by atoms with Crippen LogP contribution in [-0.4, -0.2) is 44.1 Å². The lowest BCUT2D eigenvalue weighted by Crippen LogP contribution is -2.04. The van der Waals surface area contributed by atoms with Crippen molar-refractivity contribution >= 4 is 82.3 Å². The highest BCUT2D eigenvalue weighted by atomic mass is 79.9. The van der Waals surface area contributed by atoms with Crippen LogP contribution in [0.25, 0.3) is 67.1 Å². The molecular weight excluding hydrogens is 1060 g/mol. The highest BCUT2D eigenvalue weighted by molar-refractivity contribution is 9.10. The van der Waals surface area contributed by atoms with Gasteiger partial charge in [0, 0.05) is 74.7 Å². The van der Waals surface area contributed by atoms with Gasteiger partial charge in [0.15, 0.2) is 0 Å². The van der Waals surface area contributed by atoms with E-state index in [0.29, 0.717) is 62.4 Å². The molecule has 6 heterocycles. The van der Waals surface area contributed by atoms with E-state index < -0.39 is 23.3 Å². The Bertz CT molecular complexity index is 3580. The van der Waals surface area contributed by atoms with Gasteiger partial charge in [-0.1, -0.05) is 48.0 Å². The summed E-state index contributed by atoms with van der Waals surface area (Å²) in [5, 5.41) is 3.90. The van der Waals surface area contributed by atoms with Gasteiger partial charge in [-0.3, -0.25) is 19.9 Å². The van der Waals surface area contributed by atoms with E-state index in [1.54, 1.807) is 64.1 Å². The first-order chi connectivity index (χ1) is 34.3. The number of pyridine rings is 6. The molecule has 0 aliphatic carbocycles. The van der Waals surface area contributed by atoms with Gasteiger partial charge in [0.2, 0.25) is 0 Å². The minimum Gasteiger partial charge on any atom is -0.496 e. The Morgan fingerprint density at radius 1 is 0.549 bits per heavy atom. The number of fused-ring (bicyclic) bond motifs is 2. The zero-order valence-corrected chi connectivity index (χ0v) is 42.0. The molecule has 71 heavy (non-hydrogen) atoms. The van der Waals surface area contributed by atoms with Crippen LogP contribution >= 0.6 is 43.5 Å². The van der Waals surface area contributed by atoms with E-state index in [1.807, 2.05) is 85.8 Å². The molecule has 10 rings (SSSR count). The van der Waals surface area contributed by atoms with E-state index in [4.69, 9.17) is 26.8 Å². The lowest BCUT2D eigenvalue weighted by atomic mass is 10.0. The summed E-state index contributed by atoms with van der Waals surface area (Å²) < 4.78 is 68.9. The van der Waals surface area contributed by atoms with Gasteiger partial charge in [0.1, 0.15) is 34.8 Å². The van der Waals surface area contributed by atoms with E-state index in [0.717, 1.165) is 49.7 Å². The zero-order chi connectivity index (χ0) is 50.3. The van der Waals surface area contributed by atoms with Crippen LogP contribution in [0.4, 0.5) is 34.6 Å². The number of benzene rings is 4. The smallest absolute Gasteiger partial charge is 0.137 e. The second-order valence-electron chi connectivity index (χ2n) is 15.5. The van der Waals surface area contributed by atoms with Gasteiger partial charge in [-0.25, -0.2) is 27.5 Å². The van der Waals surface area contributed by atoms with Crippen molar-refractivity contribution in [2.24, 2.45) is 0 Å². The van der Waals surface area contributed by atoms with Gasteiger partial charge in [0.05, 0.1) is 92.3 Å². The molecule has 0 radical (unpaired) electrons. The number of hydrogen-bond donors (Lipinski definition) is 2. The number of nitrogen functional groups attached to an aromatic ring is 1. The van der Waals surface area contributed by atoms with Gasteiger partial charge in [-0.2, -0.15) is 0 Å². The van der Waals surface area contributed by atoms with Crippen molar-refractivity contribution in [1.29, 1.82) is 0 Å². The highest BCUT2D eigenvalue weighted by Gasteiger charge is 2.22. The molecule has 0 spiro atoms. The SMILES string of the molecule is COc1ccccc1-c1ncc(Br)cc1N.COc1ccccc1-c1ncc(Br)cc1Nc1c(C)c(-c2ccccn2)nc2cc(F)cc(F)c12.Cc1c(-c2ccccn2)nc2cc(F)cc(F)c2c1Cl. The highest BCUT2D eigenvalue weighted by Crippen LogP contribution is 2.41. The minimum absolute atomic E-state index is 0.130. The molecule has 6 aromatic heterocycles. The number of anilines is 3. The van der Waals surface area contributed by atoms with Crippen molar-refractivity contribution in [2.75, 3.05) is 25.3 Å². The number of rotatable bonds is 8. The van der Waals surface area contributed by atoms with E-state index in [9.17, 15) is 13.2 Å². The van der Waals surface area contributed by atoms with Gasteiger partial charge in [-0.15, -0.1) is 0 Å². The summed E-state index contributed by atoms with van der Waals surface area (Å²) in [5.74, 6) is -1.41. The van der Waals surface area contributed by atoms with Gasteiger partial charge in [-0.05, 0) is 112 Å². The molecule has 17 heteroatoms. The zero-order valence-electron chi connectivity index (χ0n) is 38.1. The molecule has 0 amide bonds. The molecule has 10 nitrogen and oxygen atoms in total. The predicted octanol–water partition coefficient (Wildman–Crippen LogP) is 15.1. The molecule has 4 aromatic carbocycles. The third-order valence-electron chi connectivity index (χ3n) is 11.0. The number of hydrogen-bond acceptors (Lipinski definition) is 10. The van der Waals surface area contributed by atoms with Crippen molar-refractivity contribution in [1.82, 2.24) is 29.9 Å².